The third-order valence-corrected chi connectivity index (χ3v) is 4.87. The quantitative estimate of drug-likeness (QED) is 0.599. The van der Waals surface area contributed by atoms with Crippen molar-refractivity contribution in [2.24, 2.45) is 0 Å². The van der Waals surface area contributed by atoms with Crippen LogP contribution in [-0.2, 0) is 0 Å². The van der Waals surface area contributed by atoms with Crippen LogP contribution in [0.15, 0.2) is 55.0 Å². The predicted octanol–water partition coefficient (Wildman–Crippen LogP) is 4.35. The van der Waals surface area contributed by atoms with Gasteiger partial charge in [-0.1, -0.05) is 35.6 Å². The molecule has 4 aromatic rings. The highest BCUT2D eigenvalue weighted by molar-refractivity contribution is 7.22. The standard InChI is InChI=1S/C19H16N4OS/c1-12-8-13(2)17-16(9-12)25-19(21-17)22-18(24)15-10-20-11-23(15)14-6-4-3-5-7-14/h3-11H,1-2H3,(H,21,22,24). The smallest absolute Gasteiger partial charge is 0.276 e. The lowest BCUT2D eigenvalue weighted by molar-refractivity contribution is 0.102. The van der Waals surface area contributed by atoms with Gasteiger partial charge in [0.1, 0.15) is 5.69 Å². The fourth-order valence-electron chi connectivity index (χ4n) is 2.84. The average molecular weight is 348 g/mol. The molecule has 0 bridgehead atoms. The number of fused-ring (bicyclic) bond motifs is 1. The number of amides is 1. The summed E-state index contributed by atoms with van der Waals surface area (Å²) in [6, 6.07) is 13.8. The molecule has 0 radical (unpaired) electrons. The number of carbonyl (C=O) groups excluding carboxylic acids is 1. The summed E-state index contributed by atoms with van der Waals surface area (Å²) in [7, 11) is 0. The number of rotatable bonds is 3. The summed E-state index contributed by atoms with van der Waals surface area (Å²) in [5.41, 5.74) is 4.59. The molecule has 0 aliphatic heterocycles. The maximum absolute atomic E-state index is 12.7. The zero-order chi connectivity index (χ0) is 17.4. The van der Waals surface area contributed by atoms with Crippen molar-refractivity contribution >= 4 is 32.6 Å². The fourth-order valence-corrected chi connectivity index (χ4v) is 3.88. The van der Waals surface area contributed by atoms with E-state index in [4.69, 9.17) is 0 Å². The summed E-state index contributed by atoms with van der Waals surface area (Å²) >= 11 is 1.48. The highest BCUT2D eigenvalue weighted by Gasteiger charge is 2.16. The van der Waals surface area contributed by atoms with E-state index in [0.29, 0.717) is 10.8 Å². The van der Waals surface area contributed by atoms with Crippen LogP contribution >= 0.6 is 11.3 Å². The maximum Gasteiger partial charge on any atom is 0.276 e. The lowest BCUT2D eigenvalue weighted by atomic mass is 10.1. The lowest BCUT2D eigenvalue weighted by Crippen LogP contribution is -2.15. The maximum atomic E-state index is 12.7. The van der Waals surface area contributed by atoms with Crippen LogP contribution in [0.3, 0.4) is 0 Å². The molecule has 2 aromatic heterocycles. The molecule has 4 rings (SSSR count). The highest BCUT2D eigenvalue weighted by Crippen LogP contribution is 2.29. The van der Waals surface area contributed by atoms with Gasteiger partial charge in [-0.25, -0.2) is 9.97 Å². The normalized spacial score (nSPS) is 11.0. The van der Waals surface area contributed by atoms with Crippen LogP contribution in [0.5, 0.6) is 0 Å². The van der Waals surface area contributed by atoms with Gasteiger partial charge >= 0.3 is 0 Å². The van der Waals surface area contributed by atoms with Crippen molar-refractivity contribution in [1.82, 2.24) is 14.5 Å². The Labute approximate surface area is 149 Å². The van der Waals surface area contributed by atoms with Crippen molar-refractivity contribution in [3.05, 3.63) is 71.8 Å². The second-order valence-corrected chi connectivity index (χ2v) is 6.92. The van der Waals surface area contributed by atoms with Gasteiger partial charge in [0.25, 0.3) is 5.91 Å². The number of hydrogen-bond acceptors (Lipinski definition) is 4. The number of nitrogens with zero attached hydrogens (tertiary/aromatic N) is 3. The molecule has 1 amide bonds. The van der Waals surface area contributed by atoms with Crippen LogP contribution in [0.4, 0.5) is 5.13 Å². The average Bonchev–Trinajstić information content (AvgIpc) is 3.22. The Hall–Kier alpha value is -2.99. The summed E-state index contributed by atoms with van der Waals surface area (Å²) in [6.45, 7) is 4.09. The van der Waals surface area contributed by atoms with Crippen LogP contribution in [0.2, 0.25) is 0 Å². The number of carbonyl (C=O) groups is 1. The highest BCUT2D eigenvalue weighted by atomic mass is 32.1. The van der Waals surface area contributed by atoms with Crippen molar-refractivity contribution in [2.45, 2.75) is 13.8 Å². The molecule has 0 aliphatic carbocycles. The number of benzene rings is 2. The topological polar surface area (TPSA) is 59.8 Å². The number of hydrogen-bond donors (Lipinski definition) is 1. The second-order valence-electron chi connectivity index (χ2n) is 5.89. The van der Waals surface area contributed by atoms with E-state index in [2.05, 4.69) is 34.3 Å². The first-order chi connectivity index (χ1) is 12.1. The Morgan fingerprint density at radius 2 is 1.96 bits per heavy atom. The van der Waals surface area contributed by atoms with E-state index in [1.54, 1.807) is 17.1 Å². The van der Waals surface area contributed by atoms with Gasteiger partial charge in [0.05, 0.1) is 22.7 Å². The molecule has 0 saturated heterocycles. The first-order valence-electron chi connectivity index (χ1n) is 7.89. The van der Waals surface area contributed by atoms with Crippen molar-refractivity contribution in [3.8, 4) is 5.69 Å². The predicted molar refractivity (Wildman–Crippen MR) is 101 cm³/mol. The number of nitrogens with one attached hydrogen (secondary N) is 1. The Balaban J connectivity index is 1.66. The Morgan fingerprint density at radius 1 is 1.16 bits per heavy atom. The van der Waals surface area contributed by atoms with Crippen LogP contribution in [0.1, 0.15) is 21.6 Å². The molecule has 0 saturated carbocycles. The van der Waals surface area contributed by atoms with Gasteiger partial charge in [-0.3, -0.25) is 14.7 Å². The molecule has 2 aromatic carbocycles. The SMILES string of the molecule is Cc1cc(C)c2nc(NC(=O)c3cncn3-c3ccccc3)sc2c1. The van der Waals surface area contributed by atoms with Gasteiger partial charge in [0, 0.05) is 5.69 Å². The minimum absolute atomic E-state index is 0.227. The Morgan fingerprint density at radius 3 is 2.76 bits per heavy atom. The monoisotopic (exact) mass is 348 g/mol. The summed E-state index contributed by atoms with van der Waals surface area (Å²) in [4.78, 5) is 21.4. The number of aromatic nitrogens is 3. The van der Waals surface area contributed by atoms with Crippen molar-refractivity contribution < 1.29 is 4.79 Å². The molecular formula is C19H16N4OS. The zero-order valence-corrected chi connectivity index (χ0v) is 14.7. The molecule has 124 valence electrons. The molecule has 5 nitrogen and oxygen atoms in total. The first-order valence-corrected chi connectivity index (χ1v) is 8.70. The molecular weight excluding hydrogens is 332 g/mol. The van der Waals surface area contributed by atoms with E-state index < -0.39 is 0 Å². The van der Waals surface area contributed by atoms with Gasteiger partial charge in [-0.2, -0.15) is 0 Å². The minimum Gasteiger partial charge on any atom is -0.296 e. The summed E-state index contributed by atoms with van der Waals surface area (Å²) in [6.07, 6.45) is 3.20. The number of imidazole rings is 1. The van der Waals surface area contributed by atoms with E-state index in [-0.39, 0.29) is 5.91 Å². The molecule has 6 heteroatoms. The zero-order valence-electron chi connectivity index (χ0n) is 13.9. The summed E-state index contributed by atoms with van der Waals surface area (Å²) < 4.78 is 2.84. The van der Waals surface area contributed by atoms with Crippen LogP contribution in [-0.4, -0.2) is 20.4 Å². The van der Waals surface area contributed by atoms with Gasteiger partial charge in [-0.15, -0.1) is 0 Å². The number of anilines is 1. The molecule has 1 N–H and O–H groups in total. The van der Waals surface area contributed by atoms with E-state index in [0.717, 1.165) is 21.5 Å². The van der Waals surface area contributed by atoms with Gasteiger partial charge in [0.2, 0.25) is 0 Å². The molecule has 0 spiro atoms. The third kappa shape index (κ3) is 2.92. The van der Waals surface area contributed by atoms with Gasteiger partial charge < -0.3 is 0 Å². The molecule has 0 fully saturated rings. The molecule has 25 heavy (non-hydrogen) atoms. The summed E-state index contributed by atoms with van der Waals surface area (Å²) in [5.74, 6) is -0.227. The molecule has 0 aliphatic rings. The van der Waals surface area contributed by atoms with E-state index in [9.17, 15) is 4.79 Å². The number of aryl methyl sites for hydroxylation is 2. The van der Waals surface area contributed by atoms with Crippen molar-refractivity contribution in [3.63, 3.8) is 0 Å². The molecule has 0 atom stereocenters. The van der Waals surface area contributed by atoms with E-state index in [1.165, 1.54) is 16.9 Å². The van der Waals surface area contributed by atoms with Crippen LogP contribution in [0, 0.1) is 13.8 Å². The fraction of sp³-hybridized carbons (Fsp3) is 0.105. The van der Waals surface area contributed by atoms with Crippen LogP contribution < -0.4 is 5.32 Å². The number of thiazole rings is 1. The largest absolute Gasteiger partial charge is 0.296 e. The number of para-hydroxylation sites is 1. The second kappa shape index (κ2) is 6.14. The third-order valence-electron chi connectivity index (χ3n) is 3.96. The van der Waals surface area contributed by atoms with E-state index >= 15 is 0 Å². The Bertz CT molecular complexity index is 1070. The Kier molecular flexibility index (Phi) is 3.82. The van der Waals surface area contributed by atoms with E-state index in [1.807, 2.05) is 37.3 Å². The molecule has 2 heterocycles. The van der Waals surface area contributed by atoms with Crippen LogP contribution in [0.25, 0.3) is 15.9 Å². The van der Waals surface area contributed by atoms with Crippen molar-refractivity contribution in [2.75, 3.05) is 5.32 Å². The lowest BCUT2D eigenvalue weighted by Gasteiger charge is -2.07. The first kappa shape index (κ1) is 15.5. The van der Waals surface area contributed by atoms with Gasteiger partial charge in [0.15, 0.2) is 5.13 Å². The molecule has 0 unspecified atom stereocenters. The van der Waals surface area contributed by atoms with Gasteiger partial charge in [-0.05, 0) is 43.2 Å². The summed E-state index contributed by atoms with van der Waals surface area (Å²) in [5, 5.41) is 3.49. The van der Waals surface area contributed by atoms with Crippen molar-refractivity contribution in [1.29, 1.82) is 0 Å². The minimum atomic E-state index is -0.227.